The van der Waals surface area contributed by atoms with E-state index in [9.17, 15) is 14.3 Å². The minimum absolute atomic E-state index is 0. The fourth-order valence-corrected chi connectivity index (χ4v) is 2.13. The van der Waals surface area contributed by atoms with Gasteiger partial charge in [-0.15, -0.1) is 12.4 Å². The van der Waals surface area contributed by atoms with Gasteiger partial charge >= 0.3 is 0 Å². The van der Waals surface area contributed by atoms with Crippen LogP contribution in [0.2, 0.25) is 0 Å². The molecule has 4 nitrogen and oxygen atoms in total. The molecule has 0 bridgehead atoms. The first-order valence-electron chi connectivity index (χ1n) is 6.91. The van der Waals surface area contributed by atoms with Gasteiger partial charge in [-0.2, -0.15) is 0 Å². The van der Waals surface area contributed by atoms with Crippen molar-refractivity contribution in [3.05, 3.63) is 35.6 Å². The molecular weight excluding hydrogens is 295 g/mol. The summed E-state index contributed by atoms with van der Waals surface area (Å²) in [6.07, 6.45) is 0.445. The zero-order valence-corrected chi connectivity index (χ0v) is 13.3. The highest BCUT2D eigenvalue weighted by Crippen LogP contribution is 2.25. The van der Waals surface area contributed by atoms with Crippen LogP contribution in [0.25, 0.3) is 0 Å². The van der Waals surface area contributed by atoms with Gasteiger partial charge in [0.05, 0.1) is 11.5 Å². The van der Waals surface area contributed by atoms with Crippen molar-refractivity contribution in [2.75, 3.05) is 13.1 Å². The molecular formula is C15H24ClFN2O2. The standard InChI is InChI=1S/C15H23FN2O2.ClH/c1-3-15(4-2,10-17)14(20)18-9-13(19)11-5-7-12(16)8-6-11;/h5-8,13,19H,3-4,9-10,17H2,1-2H3,(H,18,20);1H. The van der Waals surface area contributed by atoms with Gasteiger partial charge in [-0.05, 0) is 30.5 Å². The minimum atomic E-state index is -0.858. The van der Waals surface area contributed by atoms with Crippen LogP contribution < -0.4 is 11.1 Å². The maximum Gasteiger partial charge on any atom is 0.227 e. The van der Waals surface area contributed by atoms with Crippen molar-refractivity contribution in [2.45, 2.75) is 32.8 Å². The summed E-state index contributed by atoms with van der Waals surface area (Å²) in [5, 5.41) is 12.7. The normalized spacial score (nSPS) is 12.4. The van der Waals surface area contributed by atoms with Crippen LogP contribution in [-0.4, -0.2) is 24.1 Å². The highest BCUT2D eigenvalue weighted by Gasteiger charge is 2.33. The van der Waals surface area contributed by atoms with Crippen LogP contribution in [0.1, 0.15) is 38.4 Å². The average molecular weight is 319 g/mol. The second-order valence-corrected chi connectivity index (χ2v) is 4.97. The quantitative estimate of drug-likeness (QED) is 0.721. The van der Waals surface area contributed by atoms with Gasteiger partial charge in [0.2, 0.25) is 5.91 Å². The van der Waals surface area contributed by atoms with E-state index in [1.807, 2.05) is 13.8 Å². The summed E-state index contributed by atoms with van der Waals surface area (Å²) in [6.45, 7) is 4.21. The number of aliphatic hydroxyl groups is 1. The molecule has 6 heteroatoms. The Morgan fingerprint density at radius 2 is 1.86 bits per heavy atom. The smallest absolute Gasteiger partial charge is 0.227 e. The molecule has 0 aliphatic carbocycles. The molecule has 0 spiro atoms. The first-order chi connectivity index (χ1) is 9.49. The van der Waals surface area contributed by atoms with Crippen LogP contribution >= 0.6 is 12.4 Å². The topological polar surface area (TPSA) is 75.4 Å². The Kier molecular flexibility index (Phi) is 8.47. The summed E-state index contributed by atoms with van der Waals surface area (Å²) in [6, 6.07) is 5.56. The molecule has 0 aliphatic heterocycles. The summed E-state index contributed by atoms with van der Waals surface area (Å²) in [4.78, 5) is 12.2. The zero-order valence-electron chi connectivity index (χ0n) is 12.4. The number of rotatable bonds is 7. The van der Waals surface area contributed by atoms with Crippen LogP contribution in [0.5, 0.6) is 0 Å². The number of halogens is 2. The van der Waals surface area contributed by atoms with Gasteiger partial charge in [0.1, 0.15) is 5.82 Å². The van der Waals surface area contributed by atoms with E-state index in [0.717, 1.165) is 0 Å². The highest BCUT2D eigenvalue weighted by molar-refractivity contribution is 5.85. The Labute approximate surface area is 131 Å². The number of benzene rings is 1. The Morgan fingerprint density at radius 1 is 1.33 bits per heavy atom. The summed E-state index contributed by atoms with van der Waals surface area (Å²) >= 11 is 0. The van der Waals surface area contributed by atoms with Crippen molar-refractivity contribution < 1.29 is 14.3 Å². The van der Waals surface area contributed by atoms with E-state index < -0.39 is 11.5 Å². The van der Waals surface area contributed by atoms with E-state index in [0.29, 0.717) is 18.4 Å². The molecule has 0 heterocycles. The van der Waals surface area contributed by atoms with Crippen molar-refractivity contribution >= 4 is 18.3 Å². The van der Waals surface area contributed by atoms with Crippen molar-refractivity contribution in [2.24, 2.45) is 11.1 Å². The molecule has 0 aliphatic rings. The Hall–Kier alpha value is -1.17. The molecule has 1 aromatic rings. The lowest BCUT2D eigenvalue weighted by Crippen LogP contribution is -2.46. The third-order valence-corrected chi connectivity index (χ3v) is 3.94. The second-order valence-electron chi connectivity index (χ2n) is 4.97. The van der Waals surface area contributed by atoms with Crippen molar-refractivity contribution in [3.8, 4) is 0 Å². The fraction of sp³-hybridized carbons (Fsp3) is 0.533. The molecule has 0 saturated heterocycles. The van der Waals surface area contributed by atoms with Gasteiger partial charge in [-0.1, -0.05) is 26.0 Å². The first kappa shape index (κ1) is 19.8. The number of nitrogens with one attached hydrogen (secondary N) is 1. The largest absolute Gasteiger partial charge is 0.387 e. The summed E-state index contributed by atoms with van der Waals surface area (Å²) in [5.74, 6) is -0.504. The van der Waals surface area contributed by atoms with Gasteiger partial charge in [-0.25, -0.2) is 4.39 Å². The lowest BCUT2D eigenvalue weighted by atomic mass is 9.81. The van der Waals surface area contributed by atoms with E-state index in [1.165, 1.54) is 24.3 Å². The average Bonchev–Trinajstić information content (AvgIpc) is 2.48. The van der Waals surface area contributed by atoms with E-state index in [2.05, 4.69) is 5.32 Å². The van der Waals surface area contributed by atoms with Crippen molar-refractivity contribution in [1.82, 2.24) is 5.32 Å². The molecule has 1 rings (SSSR count). The molecule has 1 amide bonds. The van der Waals surface area contributed by atoms with Crippen molar-refractivity contribution in [1.29, 1.82) is 0 Å². The maximum absolute atomic E-state index is 12.8. The molecule has 0 aromatic heterocycles. The van der Waals surface area contributed by atoms with Crippen LogP contribution in [0, 0.1) is 11.2 Å². The third kappa shape index (κ3) is 4.95. The lowest BCUT2D eigenvalue weighted by molar-refractivity contribution is -0.131. The van der Waals surface area contributed by atoms with Crippen LogP contribution in [0.15, 0.2) is 24.3 Å². The van der Waals surface area contributed by atoms with E-state index in [4.69, 9.17) is 5.73 Å². The fourth-order valence-electron chi connectivity index (χ4n) is 2.13. The molecule has 21 heavy (non-hydrogen) atoms. The Balaban J connectivity index is 0.00000400. The molecule has 1 atom stereocenters. The molecule has 0 fully saturated rings. The van der Waals surface area contributed by atoms with Gasteiger partial charge in [0.15, 0.2) is 0 Å². The summed E-state index contributed by atoms with van der Waals surface area (Å²) in [7, 11) is 0. The molecule has 1 unspecified atom stereocenters. The number of aliphatic hydroxyl groups excluding tert-OH is 1. The second kappa shape index (κ2) is 8.97. The van der Waals surface area contributed by atoms with Crippen LogP contribution in [0.3, 0.4) is 0 Å². The number of amides is 1. The van der Waals surface area contributed by atoms with Crippen LogP contribution in [0.4, 0.5) is 4.39 Å². The SMILES string of the molecule is CCC(CC)(CN)C(=O)NCC(O)c1ccc(F)cc1.Cl. The number of carbonyl (C=O) groups is 1. The third-order valence-electron chi connectivity index (χ3n) is 3.94. The number of carbonyl (C=O) groups excluding carboxylic acids is 1. The van der Waals surface area contributed by atoms with Gasteiger partial charge < -0.3 is 16.2 Å². The maximum atomic E-state index is 12.8. The monoisotopic (exact) mass is 318 g/mol. The Bertz CT molecular complexity index is 428. The van der Waals surface area contributed by atoms with Crippen molar-refractivity contribution in [3.63, 3.8) is 0 Å². The van der Waals surface area contributed by atoms with E-state index >= 15 is 0 Å². The van der Waals surface area contributed by atoms with Crippen LogP contribution in [-0.2, 0) is 4.79 Å². The summed E-state index contributed by atoms with van der Waals surface area (Å²) in [5.41, 5.74) is 5.69. The Morgan fingerprint density at radius 3 is 2.29 bits per heavy atom. The number of hydrogen-bond donors (Lipinski definition) is 3. The molecule has 0 radical (unpaired) electrons. The molecule has 120 valence electrons. The number of nitrogens with two attached hydrogens (primary N) is 1. The number of hydrogen-bond acceptors (Lipinski definition) is 3. The predicted octanol–water partition coefficient (Wildman–Crippen LogP) is 2.16. The van der Waals surface area contributed by atoms with Gasteiger partial charge in [-0.3, -0.25) is 4.79 Å². The predicted molar refractivity (Wildman–Crippen MR) is 83.7 cm³/mol. The molecule has 0 saturated carbocycles. The van der Waals surface area contributed by atoms with Gasteiger partial charge in [0.25, 0.3) is 0 Å². The first-order valence-corrected chi connectivity index (χ1v) is 6.91. The van der Waals surface area contributed by atoms with E-state index in [1.54, 1.807) is 0 Å². The zero-order chi connectivity index (χ0) is 15.2. The lowest BCUT2D eigenvalue weighted by Gasteiger charge is -2.29. The van der Waals surface area contributed by atoms with Gasteiger partial charge in [0, 0.05) is 13.1 Å². The van der Waals surface area contributed by atoms with E-state index in [-0.39, 0.29) is 37.2 Å². The summed E-state index contributed by atoms with van der Waals surface area (Å²) < 4.78 is 12.8. The molecule has 4 N–H and O–H groups in total. The molecule has 1 aromatic carbocycles. The highest BCUT2D eigenvalue weighted by atomic mass is 35.5. The minimum Gasteiger partial charge on any atom is -0.387 e.